The van der Waals surface area contributed by atoms with Crippen LogP contribution >= 0.6 is 11.8 Å². The summed E-state index contributed by atoms with van der Waals surface area (Å²) in [6.07, 6.45) is 4.26. The number of aromatic amines is 1. The Bertz CT molecular complexity index is 746. The van der Waals surface area contributed by atoms with Crippen molar-refractivity contribution in [1.82, 2.24) is 10.3 Å². The van der Waals surface area contributed by atoms with E-state index < -0.39 is 24.0 Å². The first-order valence-corrected chi connectivity index (χ1v) is 9.24. The van der Waals surface area contributed by atoms with Gasteiger partial charge in [0.15, 0.2) is 6.04 Å². The fourth-order valence-corrected chi connectivity index (χ4v) is 3.05. The number of thioether (sulfide) groups is 1. The molecule has 134 valence electrons. The molecule has 1 amide bonds. The number of aromatic nitrogens is 1. The zero-order valence-electron chi connectivity index (χ0n) is 14.2. The number of carbonyl (C=O) groups is 2. The first-order valence-electron chi connectivity index (χ1n) is 7.85. The second-order valence-corrected chi connectivity index (χ2v) is 6.54. The van der Waals surface area contributed by atoms with Gasteiger partial charge in [0.1, 0.15) is 6.04 Å². The Hall–Kier alpha value is -2.35. The van der Waals surface area contributed by atoms with E-state index in [2.05, 4.69) is 15.5 Å². The summed E-state index contributed by atoms with van der Waals surface area (Å²) in [4.78, 5) is 38.5. The Kier molecular flexibility index (Phi) is 7.00. The Labute approximate surface area is 149 Å². The van der Waals surface area contributed by atoms with Crippen LogP contribution in [0.4, 0.5) is 0 Å². The Morgan fingerprint density at radius 3 is 2.80 bits per heavy atom. The van der Waals surface area contributed by atoms with Crippen molar-refractivity contribution in [3.05, 3.63) is 40.9 Å². The summed E-state index contributed by atoms with van der Waals surface area (Å²) in [5, 5.41) is 6.48. The monoisotopic (exact) mass is 363 g/mol. The van der Waals surface area contributed by atoms with Gasteiger partial charge in [0.25, 0.3) is 0 Å². The van der Waals surface area contributed by atoms with Gasteiger partial charge in [-0.25, -0.2) is 4.79 Å². The molecule has 1 aromatic carbocycles. The standard InChI is InChI=1S/C17H21N3O4S/c1-24-17(22)14(7-8-25-2)19-16(21)15(20-23)9-11-10-18-13-6-4-3-5-12(11)13/h3-6,10,14-15,18H,7-9H2,1-2H3,(H,19,21)/t14-,15?/m0/s1. The van der Waals surface area contributed by atoms with Crippen molar-refractivity contribution >= 4 is 34.5 Å². The molecule has 1 unspecified atom stereocenters. The second-order valence-electron chi connectivity index (χ2n) is 5.55. The molecule has 8 heteroatoms. The number of ether oxygens (including phenoxy) is 1. The van der Waals surface area contributed by atoms with Crippen LogP contribution in [-0.4, -0.2) is 48.1 Å². The Balaban J connectivity index is 2.09. The molecule has 0 bridgehead atoms. The minimum Gasteiger partial charge on any atom is -0.467 e. The molecule has 0 spiro atoms. The number of rotatable bonds is 9. The predicted molar refractivity (Wildman–Crippen MR) is 98.5 cm³/mol. The number of nitrogens with one attached hydrogen (secondary N) is 2. The van der Waals surface area contributed by atoms with Crippen LogP contribution in [0.1, 0.15) is 12.0 Å². The van der Waals surface area contributed by atoms with Crippen molar-refractivity contribution in [3.8, 4) is 0 Å². The molecule has 2 aromatic rings. The van der Waals surface area contributed by atoms with Crippen molar-refractivity contribution < 1.29 is 14.3 Å². The minimum atomic E-state index is -1.11. The minimum absolute atomic E-state index is 0.162. The molecular weight excluding hydrogens is 342 g/mol. The lowest BCUT2D eigenvalue weighted by Gasteiger charge is -2.17. The SMILES string of the molecule is COC(=O)[C@H](CCSC)NC(=O)C(Cc1c[nH]c2ccccc12)N=O. The van der Waals surface area contributed by atoms with Gasteiger partial charge in [-0.05, 0) is 30.1 Å². The molecule has 1 heterocycles. The van der Waals surface area contributed by atoms with E-state index in [1.807, 2.05) is 30.5 Å². The van der Waals surface area contributed by atoms with Gasteiger partial charge in [-0.1, -0.05) is 23.4 Å². The first kappa shape index (κ1) is 19.0. The van der Waals surface area contributed by atoms with E-state index in [1.54, 1.807) is 18.0 Å². The van der Waals surface area contributed by atoms with Crippen LogP contribution in [0.3, 0.4) is 0 Å². The first-order chi connectivity index (χ1) is 12.1. The maximum absolute atomic E-state index is 12.4. The van der Waals surface area contributed by atoms with Crippen LogP contribution in [0.15, 0.2) is 35.6 Å². The van der Waals surface area contributed by atoms with E-state index in [1.165, 1.54) is 7.11 Å². The molecule has 0 aliphatic heterocycles. The molecule has 0 radical (unpaired) electrons. The molecule has 0 aliphatic carbocycles. The number of hydrogen-bond acceptors (Lipinski definition) is 6. The van der Waals surface area contributed by atoms with Gasteiger partial charge in [0, 0.05) is 23.5 Å². The number of benzene rings is 1. The van der Waals surface area contributed by atoms with Crippen LogP contribution < -0.4 is 5.32 Å². The highest BCUT2D eigenvalue weighted by atomic mass is 32.2. The number of hydrogen-bond donors (Lipinski definition) is 2. The predicted octanol–water partition coefficient (Wildman–Crippen LogP) is 2.26. The summed E-state index contributed by atoms with van der Waals surface area (Å²) < 4.78 is 4.71. The number of nitroso groups, excluding NO2 is 1. The highest BCUT2D eigenvalue weighted by molar-refractivity contribution is 7.98. The normalized spacial score (nSPS) is 13.2. The number of para-hydroxylation sites is 1. The van der Waals surface area contributed by atoms with E-state index in [0.29, 0.717) is 12.2 Å². The van der Waals surface area contributed by atoms with Crippen molar-refractivity contribution in [2.75, 3.05) is 19.1 Å². The summed E-state index contributed by atoms with van der Waals surface area (Å²) in [7, 11) is 1.27. The lowest BCUT2D eigenvalue weighted by Crippen LogP contribution is -2.46. The van der Waals surface area contributed by atoms with Gasteiger partial charge in [-0.3, -0.25) is 4.79 Å². The van der Waals surface area contributed by atoms with E-state index in [0.717, 1.165) is 16.5 Å². The van der Waals surface area contributed by atoms with Gasteiger partial charge in [-0.2, -0.15) is 11.8 Å². The largest absolute Gasteiger partial charge is 0.467 e. The lowest BCUT2D eigenvalue weighted by atomic mass is 10.0. The summed E-state index contributed by atoms with van der Waals surface area (Å²) in [6, 6.07) is 5.73. The van der Waals surface area contributed by atoms with Crippen LogP contribution in [0, 0.1) is 4.91 Å². The van der Waals surface area contributed by atoms with E-state index in [4.69, 9.17) is 4.74 Å². The average molecular weight is 363 g/mol. The van der Waals surface area contributed by atoms with Crippen molar-refractivity contribution in [3.63, 3.8) is 0 Å². The molecule has 2 rings (SSSR count). The van der Waals surface area contributed by atoms with Gasteiger partial charge < -0.3 is 15.0 Å². The molecular formula is C17H21N3O4S. The van der Waals surface area contributed by atoms with Crippen LogP contribution in [-0.2, 0) is 20.7 Å². The molecule has 0 saturated heterocycles. The Morgan fingerprint density at radius 2 is 2.12 bits per heavy atom. The van der Waals surface area contributed by atoms with Crippen molar-refractivity contribution in [2.24, 2.45) is 5.18 Å². The second kappa shape index (κ2) is 9.22. The zero-order chi connectivity index (χ0) is 18.2. The fraction of sp³-hybridized carbons (Fsp3) is 0.412. The van der Waals surface area contributed by atoms with Crippen LogP contribution in [0.2, 0.25) is 0 Å². The number of amides is 1. The molecule has 0 fully saturated rings. The average Bonchev–Trinajstić information content (AvgIpc) is 3.05. The van der Waals surface area contributed by atoms with E-state index in [9.17, 15) is 14.5 Å². The molecule has 25 heavy (non-hydrogen) atoms. The number of carbonyl (C=O) groups excluding carboxylic acids is 2. The number of fused-ring (bicyclic) bond motifs is 1. The number of H-pyrrole nitrogens is 1. The summed E-state index contributed by atoms with van der Waals surface area (Å²) in [5.74, 6) is -0.419. The third-order valence-corrected chi connectivity index (χ3v) is 4.57. The van der Waals surface area contributed by atoms with Crippen molar-refractivity contribution in [1.29, 1.82) is 0 Å². The van der Waals surface area contributed by atoms with E-state index >= 15 is 0 Å². The maximum Gasteiger partial charge on any atom is 0.328 e. The van der Waals surface area contributed by atoms with Crippen molar-refractivity contribution in [2.45, 2.75) is 24.9 Å². The molecule has 1 aromatic heterocycles. The lowest BCUT2D eigenvalue weighted by molar-refractivity contribution is -0.145. The zero-order valence-corrected chi connectivity index (χ0v) is 15.0. The fourth-order valence-electron chi connectivity index (χ4n) is 2.58. The maximum atomic E-state index is 12.4. The molecule has 2 atom stereocenters. The molecule has 2 N–H and O–H groups in total. The smallest absolute Gasteiger partial charge is 0.328 e. The highest BCUT2D eigenvalue weighted by Gasteiger charge is 2.27. The highest BCUT2D eigenvalue weighted by Crippen LogP contribution is 2.20. The van der Waals surface area contributed by atoms with Gasteiger partial charge in [0.05, 0.1) is 7.11 Å². The number of esters is 1. The third kappa shape index (κ3) is 4.82. The third-order valence-electron chi connectivity index (χ3n) is 3.93. The van der Waals surface area contributed by atoms with Gasteiger partial charge in [-0.15, -0.1) is 4.91 Å². The van der Waals surface area contributed by atoms with Gasteiger partial charge in [0.2, 0.25) is 5.91 Å². The quantitative estimate of drug-likeness (QED) is 0.526. The number of methoxy groups -OCH3 is 1. The van der Waals surface area contributed by atoms with E-state index in [-0.39, 0.29) is 6.42 Å². The van der Waals surface area contributed by atoms with Gasteiger partial charge >= 0.3 is 5.97 Å². The summed E-state index contributed by atoms with van der Waals surface area (Å²) in [5.41, 5.74) is 1.75. The molecule has 7 nitrogen and oxygen atoms in total. The molecule has 0 saturated carbocycles. The summed E-state index contributed by atoms with van der Waals surface area (Å²) in [6.45, 7) is 0. The van der Waals surface area contributed by atoms with Crippen LogP contribution in [0.5, 0.6) is 0 Å². The topological polar surface area (TPSA) is 101 Å². The Morgan fingerprint density at radius 1 is 1.36 bits per heavy atom. The van der Waals surface area contributed by atoms with Crippen LogP contribution in [0.25, 0.3) is 10.9 Å². The number of nitrogens with zero attached hydrogens (tertiary/aromatic N) is 1. The molecule has 0 aliphatic rings. The summed E-state index contributed by atoms with van der Waals surface area (Å²) >= 11 is 1.56.